The van der Waals surface area contributed by atoms with Crippen LogP contribution < -0.4 is 10.6 Å². The van der Waals surface area contributed by atoms with E-state index in [2.05, 4.69) is 14.8 Å². The summed E-state index contributed by atoms with van der Waals surface area (Å²) in [7, 11) is 1.18. The normalized spacial score (nSPS) is 9.06. The fraction of sp³-hybridized carbons (Fsp3) is 0.556. The predicted molar refractivity (Wildman–Crippen MR) is 54.7 cm³/mol. The van der Waals surface area contributed by atoms with Gasteiger partial charge in [-0.1, -0.05) is 0 Å². The number of hydrogen-bond acceptors (Lipinski definition) is 6. The number of amides is 2. The molecule has 0 aliphatic rings. The monoisotopic (exact) mass is 246 g/mol. The largest absolute Gasteiger partial charge is 0.468 e. The molecule has 0 saturated carbocycles. The lowest BCUT2D eigenvalue weighted by molar-refractivity contribution is -0.154. The van der Waals surface area contributed by atoms with Crippen molar-refractivity contribution in [2.24, 2.45) is 0 Å². The van der Waals surface area contributed by atoms with Gasteiger partial charge in [0.15, 0.2) is 0 Å². The van der Waals surface area contributed by atoms with Gasteiger partial charge < -0.3 is 20.1 Å². The first-order valence-corrected chi connectivity index (χ1v) is 4.79. The number of rotatable bonds is 5. The Balaban J connectivity index is 3.80. The molecule has 0 spiro atoms. The number of carbonyl (C=O) groups is 4. The minimum Gasteiger partial charge on any atom is -0.468 e. The number of esters is 2. The van der Waals surface area contributed by atoms with Gasteiger partial charge in [-0.15, -0.1) is 0 Å². The fourth-order valence-corrected chi connectivity index (χ4v) is 0.735. The van der Waals surface area contributed by atoms with Crippen LogP contribution in [0.25, 0.3) is 0 Å². The Labute approximate surface area is 97.6 Å². The Bertz CT molecular complexity index is 315. The van der Waals surface area contributed by atoms with Crippen molar-refractivity contribution in [2.75, 3.05) is 26.8 Å². The van der Waals surface area contributed by atoms with Gasteiger partial charge in [0.1, 0.15) is 6.54 Å². The molecule has 2 amide bonds. The molecule has 96 valence electrons. The molecular weight excluding hydrogens is 232 g/mol. The van der Waals surface area contributed by atoms with Crippen molar-refractivity contribution in [1.82, 2.24) is 10.6 Å². The van der Waals surface area contributed by atoms with Crippen molar-refractivity contribution in [3.05, 3.63) is 0 Å². The highest BCUT2D eigenvalue weighted by atomic mass is 16.5. The summed E-state index contributed by atoms with van der Waals surface area (Å²) in [6.07, 6.45) is 0. The van der Waals surface area contributed by atoms with Crippen molar-refractivity contribution in [3.63, 3.8) is 0 Å². The van der Waals surface area contributed by atoms with Crippen LogP contribution in [-0.2, 0) is 28.7 Å². The number of nitrogens with one attached hydrogen (secondary N) is 2. The van der Waals surface area contributed by atoms with Crippen LogP contribution in [0.5, 0.6) is 0 Å². The molecular formula is C9H14N2O6. The van der Waals surface area contributed by atoms with E-state index in [1.165, 1.54) is 7.11 Å². The highest BCUT2D eigenvalue weighted by Crippen LogP contribution is 1.78. The van der Waals surface area contributed by atoms with E-state index in [1.54, 1.807) is 6.92 Å². The van der Waals surface area contributed by atoms with Crippen LogP contribution in [0.1, 0.15) is 6.92 Å². The number of methoxy groups -OCH3 is 1. The van der Waals surface area contributed by atoms with Gasteiger partial charge in [-0.3, -0.25) is 14.4 Å². The van der Waals surface area contributed by atoms with Gasteiger partial charge in [-0.05, 0) is 6.92 Å². The van der Waals surface area contributed by atoms with Crippen LogP contribution in [-0.4, -0.2) is 50.6 Å². The van der Waals surface area contributed by atoms with E-state index in [1.807, 2.05) is 5.32 Å². The highest BCUT2D eigenvalue weighted by Gasteiger charge is 2.15. The van der Waals surface area contributed by atoms with Crippen LogP contribution in [0, 0.1) is 0 Å². The van der Waals surface area contributed by atoms with Gasteiger partial charge in [0.05, 0.1) is 20.3 Å². The van der Waals surface area contributed by atoms with E-state index in [0.717, 1.165) is 0 Å². The molecule has 0 heterocycles. The Kier molecular flexibility index (Phi) is 7.07. The van der Waals surface area contributed by atoms with Gasteiger partial charge >= 0.3 is 17.8 Å². The summed E-state index contributed by atoms with van der Waals surface area (Å²) in [5, 5.41) is 4.21. The van der Waals surface area contributed by atoms with Crippen molar-refractivity contribution >= 4 is 23.8 Å². The maximum atomic E-state index is 11.1. The van der Waals surface area contributed by atoms with Crippen LogP contribution in [0.2, 0.25) is 0 Å². The first kappa shape index (κ1) is 14.9. The first-order chi connectivity index (χ1) is 8.01. The molecule has 0 fully saturated rings. The Morgan fingerprint density at radius 1 is 1.06 bits per heavy atom. The van der Waals surface area contributed by atoms with E-state index < -0.39 is 30.3 Å². The van der Waals surface area contributed by atoms with Crippen molar-refractivity contribution in [2.45, 2.75) is 6.92 Å². The zero-order valence-electron chi connectivity index (χ0n) is 9.57. The Hall–Kier alpha value is -2.12. The fourth-order valence-electron chi connectivity index (χ4n) is 0.735. The molecule has 8 nitrogen and oxygen atoms in total. The standard InChI is InChI=1S/C9H14N2O6/c1-3-17-9(15)8(14)11-4-6(12)10-5-7(13)16-2/h3-5H2,1-2H3,(H,10,12)(H,11,14). The summed E-state index contributed by atoms with van der Waals surface area (Å²) in [6, 6.07) is 0. The van der Waals surface area contributed by atoms with Crippen LogP contribution >= 0.6 is 0 Å². The summed E-state index contributed by atoms with van der Waals surface area (Å²) >= 11 is 0. The SMILES string of the molecule is CCOC(=O)C(=O)NCC(=O)NCC(=O)OC. The highest BCUT2D eigenvalue weighted by molar-refractivity contribution is 6.32. The lowest BCUT2D eigenvalue weighted by Gasteiger charge is -2.05. The van der Waals surface area contributed by atoms with Crippen LogP contribution in [0.4, 0.5) is 0 Å². The van der Waals surface area contributed by atoms with E-state index in [9.17, 15) is 19.2 Å². The topological polar surface area (TPSA) is 111 Å². The maximum Gasteiger partial charge on any atom is 0.396 e. The van der Waals surface area contributed by atoms with Crippen molar-refractivity contribution in [3.8, 4) is 0 Å². The second-order valence-corrected chi connectivity index (χ2v) is 2.76. The molecule has 0 atom stereocenters. The summed E-state index contributed by atoms with van der Waals surface area (Å²) < 4.78 is 8.68. The smallest absolute Gasteiger partial charge is 0.396 e. The quantitative estimate of drug-likeness (QED) is 0.427. The maximum absolute atomic E-state index is 11.1. The third-order valence-corrected chi connectivity index (χ3v) is 1.53. The van der Waals surface area contributed by atoms with Crippen LogP contribution in [0.3, 0.4) is 0 Å². The summed E-state index contributed by atoms with van der Waals surface area (Å²) in [6.45, 7) is 0.897. The number of hydrogen-bond donors (Lipinski definition) is 2. The lowest BCUT2D eigenvalue weighted by Crippen LogP contribution is -2.41. The van der Waals surface area contributed by atoms with Gasteiger partial charge in [-0.25, -0.2) is 4.79 Å². The van der Waals surface area contributed by atoms with Gasteiger partial charge in [0.25, 0.3) is 0 Å². The second kappa shape index (κ2) is 8.08. The molecule has 0 unspecified atom stereocenters. The predicted octanol–water partition coefficient (Wildman–Crippen LogP) is -2.05. The number of carbonyl (C=O) groups excluding carboxylic acids is 4. The zero-order chi connectivity index (χ0) is 13.3. The molecule has 0 aromatic rings. The molecule has 0 aliphatic carbocycles. The van der Waals surface area contributed by atoms with E-state index in [0.29, 0.717) is 0 Å². The minimum atomic E-state index is -1.06. The third-order valence-electron chi connectivity index (χ3n) is 1.53. The van der Waals surface area contributed by atoms with Crippen LogP contribution in [0.15, 0.2) is 0 Å². The van der Waals surface area contributed by atoms with Gasteiger partial charge in [-0.2, -0.15) is 0 Å². The molecule has 17 heavy (non-hydrogen) atoms. The Morgan fingerprint density at radius 2 is 1.71 bits per heavy atom. The van der Waals surface area contributed by atoms with E-state index in [4.69, 9.17) is 0 Å². The summed E-state index contributed by atoms with van der Waals surface area (Å²) in [5.74, 6) is -3.31. The zero-order valence-corrected chi connectivity index (χ0v) is 9.57. The van der Waals surface area contributed by atoms with E-state index >= 15 is 0 Å². The average molecular weight is 246 g/mol. The third kappa shape index (κ3) is 6.88. The average Bonchev–Trinajstić information content (AvgIpc) is 2.32. The van der Waals surface area contributed by atoms with Gasteiger partial charge in [0, 0.05) is 0 Å². The van der Waals surface area contributed by atoms with E-state index in [-0.39, 0.29) is 13.2 Å². The number of ether oxygens (including phenoxy) is 2. The molecule has 0 aromatic heterocycles. The summed E-state index contributed by atoms with van der Waals surface area (Å²) in [4.78, 5) is 43.5. The molecule has 0 radical (unpaired) electrons. The lowest BCUT2D eigenvalue weighted by atomic mass is 10.5. The summed E-state index contributed by atoms with van der Waals surface area (Å²) in [5.41, 5.74) is 0. The van der Waals surface area contributed by atoms with Crippen molar-refractivity contribution in [1.29, 1.82) is 0 Å². The minimum absolute atomic E-state index is 0.0702. The first-order valence-electron chi connectivity index (χ1n) is 4.79. The molecule has 0 bridgehead atoms. The molecule has 8 heteroatoms. The van der Waals surface area contributed by atoms with Crippen molar-refractivity contribution < 1.29 is 28.7 Å². The second-order valence-electron chi connectivity index (χ2n) is 2.76. The molecule has 0 aliphatic heterocycles. The Morgan fingerprint density at radius 3 is 2.24 bits per heavy atom. The van der Waals surface area contributed by atoms with Gasteiger partial charge in [0.2, 0.25) is 5.91 Å². The molecule has 0 rings (SSSR count). The molecule has 0 saturated heterocycles. The molecule has 2 N–H and O–H groups in total. The molecule has 0 aromatic carbocycles.